The average Bonchev–Trinajstić information content (AvgIpc) is 2.78. The largest absolute Gasteiger partial charge is 0.353 e. The first-order chi connectivity index (χ1) is 15.5. The van der Waals surface area contributed by atoms with Gasteiger partial charge in [-0.3, -0.25) is 4.79 Å². The molecule has 2 heterocycles. The Morgan fingerprint density at radius 1 is 0.875 bits per heavy atom. The zero-order valence-corrected chi connectivity index (χ0v) is 19.4. The van der Waals surface area contributed by atoms with E-state index in [-0.39, 0.29) is 5.41 Å². The maximum Gasteiger partial charge on any atom is 0.228 e. The number of hydrogen-bond acceptors (Lipinski definition) is 4. The number of aromatic nitrogens is 2. The number of rotatable bonds is 3. The molecular formula is C27H34N4O. The van der Waals surface area contributed by atoms with Crippen molar-refractivity contribution >= 4 is 11.7 Å². The SMILES string of the molecule is Cc1ccc(-c2nc(C)cc(N3CCN(C(=O)C45CC6CC(CC(C6)C4)C5)CC3)n2)cc1. The molecular weight excluding hydrogens is 396 g/mol. The number of carbonyl (C=O) groups is 1. The van der Waals surface area contributed by atoms with Crippen molar-refractivity contribution in [2.45, 2.75) is 52.4 Å². The minimum absolute atomic E-state index is 0.0268. The van der Waals surface area contributed by atoms with Gasteiger partial charge in [-0.2, -0.15) is 0 Å². The van der Waals surface area contributed by atoms with E-state index < -0.39 is 0 Å². The molecule has 0 spiro atoms. The lowest BCUT2D eigenvalue weighted by molar-refractivity contribution is -0.158. The van der Waals surface area contributed by atoms with Crippen LogP contribution in [0.4, 0.5) is 5.82 Å². The second-order valence-corrected chi connectivity index (χ2v) is 11.0. The first-order valence-corrected chi connectivity index (χ1v) is 12.4. The molecule has 1 aromatic heterocycles. The Morgan fingerprint density at radius 2 is 1.47 bits per heavy atom. The van der Waals surface area contributed by atoms with E-state index in [1.165, 1.54) is 24.8 Å². The Kier molecular flexibility index (Phi) is 4.78. The maximum absolute atomic E-state index is 13.7. The third-order valence-electron chi connectivity index (χ3n) is 8.53. The van der Waals surface area contributed by atoms with Gasteiger partial charge >= 0.3 is 0 Å². The molecule has 168 valence electrons. The molecule has 1 saturated heterocycles. The normalized spacial score (nSPS) is 31.2. The van der Waals surface area contributed by atoms with E-state index in [9.17, 15) is 4.79 Å². The van der Waals surface area contributed by atoms with E-state index >= 15 is 0 Å². The van der Waals surface area contributed by atoms with E-state index in [0.29, 0.717) is 5.91 Å². The first-order valence-electron chi connectivity index (χ1n) is 12.4. The lowest BCUT2D eigenvalue weighted by atomic mass is 9.49. The van der Waals surface area contributed by atoms with Gasteiger partial charge in [0.15, 0.2) is 5.82 Å². The lowest BCUT2D eigenvalue weighted by Gasteiger charge is -2.57. The molecule has 4 saturated carbocycles. The fourth-order valence-electron chi connectivity index (χ4n) is 7.39. The minimum atomic E-state index is -0.0268. The summed E-state index contributed by atoms with van der Waals surface area (Å²) in [6.45, 7) is 7.45. The van der Waals surface area contributed by atoms with E-state index in [1.54, 1.807) is 0 Å². The van der Waals surface area contributed by atoms with Gasteiger partial charge < -0.3 is 9.80 Å². The minimum Gasteiger partial charge on any atom is -0.353 e. The number of hydrogen-bond donors (Lipinski definition) is 0. The number of carbonyl (C=O) groups excluding carboxylic acids is 1. The molecule has 5 nitrogen and oxygen atoms in total. The monoisotopic (exact) mass is 430 g/mol. The molecule has 0 radical (unpaired) electrons. The quantitative estimate of drug-likeness (QED) is 0.713. The third-order valence-corrected chi connectivity index (χ3v) is 8.53. The van der Waals surface area contributed by atoms with Gasteiger partial charge in [0.25, 0.3) is 0 Å². The van der Waals surface area contributed by atoms with Crippen molar-refractivity contribution in [2.75, 3.05) is 31.1 Å². The van der Waals surface area contributed by atoms with Crippen LogP contribution in [0.3, 0.4) is 0 Å². The maximum atomic E-state index is 13.7. The van der Waals surface area contributed by atoms with Crippen molar-refractivity contribution in [3.05, 3.63) is 41.6 Å². The second-order valence-electron chi connectivity index (χ2n) is 11.0. The number of amides is 1. The summed E-state index contributed by atoms with van der Waals surface area (Å²) in [6.07, 6.45) is 7.62. The van der Waals surface area contributed by atoms with Crippen LogP contribution in [0, 0.1) is 37.0 Å². The number of nitrogens with zero attached hydrogens (tertiary/aromatic N) is 4. The Morgan fingerprint density at radius 3 is 2.06 bits per heavy atom. The lowest BCUT2D eigenvalue weighted by Crippen LogP contribution is -2.58. The van der Waals surface area contributed by atoms with Crippen LogP contribution >= 0.6 is 0 Å². The highest BCUT2D eigenvalue weighted by Gasteiger charge is 2.55. The molecule has 0 N–H and O–H groups in total. The predicted octanol–water partition coefficient (Wildman–Crippen LogP) is 4.63. The Labute approximate surface area is 191 Å². The summed E-state index contributed by atoms with van der Waals surface area (Å²) in [4.78, 5) is 27.8. The van der Waals surface area contributed by atoms with Crippen LogP contribution in [0.5, 0.6) is 0 Å². The van der Waals surface area contributed by atoms with Gasteiger partial charge in [-0.05, 0) is 70.1 Å². The van der Waals surface area contributed by atoms with Crippen molar-refractivity contribution in [1.82, 2.24) is 14.9 Å². The summed E-state index contributed by atoms with van der Waals surface area (Å²) in [5.74, 6) is 4.68. The van der Waals surface area contributed by atoms with Crippen LogP contribution < -0.4 is 4.90 Å². The fraction of sp³-hybridized carbons (Fsp3) is 0.593. The van der Waals surface area contributed by atoms with E-state index in [2.05, 4.69) is 52.0 Å². The van der Waals surface area contributed by atoms with Gasteiger partial charge in [0.2, 0.25) is 5.91 Å². The summed E-state index contributed by atoms with van der Waals surface area (Å²) in [6, 6.07) is 10.5. The zero-order chi connectivity index (χ0) is 21.9. The molecule has 0 unspecified atom stereocenters. The van der Waals surface area contributed by atoms with Gasteiger partial charge in [0.1, 0.15) is 5.82 Å². The summed E-state index contributed by atoms with van der Waals surface area (Å²) in [5, 5.41) is 0. The number of anilines is 1. The zero-order valence-electron chi connectivity index (χ0n) is 19.4. The van der Waals surface area contributed by atoms with Gasteiger partial charge in [-0.1, -0.05) is 29.8 Å². The molecule has 32 heavy (non-hydrogen) atoms. The predicted molar refractivity (Wildman–Crippen MR) is 126 cm³/mol. The number of piperazine rings is 1. The van der Waals surface area contributed by atoms with E-state index in [0.717, 1.165) is 86.1 Å². The molecule has 1 aromatic carbocycles. The average molecular weight is 431 g/mol. The van der Waals surface area contributed by atoms with Crippen molar-refractivity contribution in [3.63, 3.8) is 0 Å². The summed E-state index contributed by atoms with van der Waals surface area (Å²) < 4.78 is 0. The molecule has 5 fully saturated rings. The van der Waals surface area contributed by atoms with Gasteiger partial charge in [0.05, 0.1) is 5.41 Å². The van der Waals surface area contributed by atoms with Crippen molar-refractivity contribution in [2.24, 2.45) is 23.2 Å². The highest BCUT2D eigenvalue weighted by atomic mass is 16.2. The molecule has 2 aromatic rings. The van der Waals surface area contributed by atoms with Gasteiger partial charge in [-0.15, -0.1) is 0 Å². The molecule has 5 heteroatoms. The van der Waals surface area contributed by atoms with Crippen LogP contribution in [0.1, 0.15) is 49.8 Å². The fourth-order valence-corrected chi connectivity index (χ4v) is 7.39. The standard InChI is InChI=1S/C27H34N4O/c1-18-3-5-23(6-4-18)25-28-19(2)11-24(29-25)30-7-9-31(10-8-30)26(32)27-15-20-12-21(16-27)14-22(13-20)17-27/h3-6,11,20-22H,7-10,12-17H2,1-2H3. The number of aryl methyl sites for hydroxylation is 2. The topological polar surface area (TPSA) is 49.3 Å². The molecule has 1 aliphatic heterocycles. The molecule has 0 atom stereocenters. The third kappa shape index (κ3) is 3.50. The summed E-state index contributed by atoms with van der Waals surface area (Å²) in [5.41, 5.74) is 3.25. The molecule has 4 bridgehead atoms. The number of benzene rings is 1. The summed E-state index contributed by atoms with van der Waals surface area (Å²) in [7, 11) is 0. The van der Waals surface area contributed by atoms with Crippen molar-refractivity contribution < 1.29 is 4.79 Å². The van der Waals surface area contributed by atoms with Gasteiger partial charge in [-0.25, -0.2) is 9.97 Å². The van der Waals surface area contributed by atoms with E-state index in [1.807, 2.05) is 6.92 Å². The highest BCUT2D eigenvalue weighted by Crippen LogP contribution is 2.60. The Balaban J connectivity index is 1.16. The van der Waals surface area contributed by atoms with Crippen LogP contribution in [0.2, 0.25) is 0 Å². The second kappa shape index (κ2) is 7.57. The van der Waals surface area contributed by atoms with E-state index in [4.69, 9.17) is 4.98 Å². The van der Waals surface area contributed by atoms with Crippen LogP contribution in [-0.4, -0.2) is 47.0 Å². The van der Waals surface area contributed by atoms with Crippen molar-refractivity contribution in [3.8, 4) is 11.4 Å². The smallest absolute Gasteiger partial charge is 0.228 e. The molecule has 7 rings (SSSR count). The summed E-state index contributed by atoms with van der Waals surface area (Å²) >= 11 is 0. The first kappa shape index (κ1) is 20.2. The Bertz CT molecular complexity index is 987. The highest BCUT2D eigenvalue weighted by molar-refractivity contribution is 5.83. The van der Waals surface area contributed by atoms with Crippen LogP contribution in [0.25, 0.3) is 11.4 Å². The molecule has 1 amide bonds. The van der Waals surface area contributed by atoms with Crippen LogP contribution in [-0.2, 0) is 4.79 Å². The van der Waals surface area contributed by atoms with Crippen molar-refractivity contribution in [1.29, 1.82) is 0 Å². The molecule has 4 aliphatic carbocycles. The Hall–Kier alpha value is -2.43. The van der Waals surface area contributed by atoms with Gasteiger partial charge in [0, 0.05) is 43.5 Å². The van der Waals surface area contributed by atoms with Crippen LogP contribution in [0.15, 0.2) is 30.3 Å². The molecule has 5 aliphatic rings.